The molecule has 2 heterocycles. The zero-order valence-electron chi connectivity index (χ0n) is 16.9. The van der Waals surface area contributed by atoms with Gasteiger partial charge in [-0.25, -0.2) is 0 Å². The SMILES string of the molecule is Cl.Cl.N#Cc1ccc2c(c1)[C@H](N1CCNCC1)[C@@H](OCc1cc(Br)cc(Br)c1)CCO2. The van der Waals surface area contributed by atoms with Gasteiger partial charge in [-0.1, -0.05) is 31.9 Å². The molecule has 4 rings (SSSR count). The highest BCUT2D eigenvalue weighted by Crippen LogP contribution is 2.38. The van der Waals surface area contributed by atoms with Crippen LogP contribution in [0.2, 0.25) is 0 Å². The van der Waals surface area contributed by atoms with E-state index in [2.05, 4.69) is 60.3 Å². The van der Waals surface area contributed by atoms with Crippen molar-refractivity contribution < 1.29 is 9.47 Å². The molecule has 31 heavy (non-hydrogen) atoms. The van der Waals surface area contributed by atoms with E-state index in [1.807, 2.05) is 24.3 Å². The molecule has 1 N–H and O–H groups in total. The third kappa shape index (κ3) is 6.58. The summed E-state index contributed by atoms with van der Waals surface area (Å²) in [5, 5.41) is 12.8. The van der Waals surface area contributed by atoms with Gasteiger partial charge in [-0.05, 0) is 42.0 Å². The van der Waals surface area contributed by atoms with Crippen molar-refractivity contribution in [3.63, 3.8) is 0 Å². The van der Waals surface area contributed by atoms with Crippen molar-refractivity contribution in [3.8, 4) is 11.8 Å². The minimum Gasteiger partial charge on any atom is -0.493 e. The normalized spacial score (nSPS) is 20.8. The Morgan fingerprint density at radius 2 is 1.81 bits per heavy atom. The molecule has 2 atom stereocenters. The molecular formula is C22H25Br2Cl2N3O2. The monoisotopic (exact) mass is 591 g/mol. The van der Waals surface area contributed by atoms with Crippen LogP contribution in [0.5, 0.6) is 5.75 Å². The van der Waals surface area contributed by atoms with Crippen molar-refractivity contribution in [2.24, 2.45) is 0 Å². The second kappa shape index (κ2) is 12.4. The Morgan fingerprint density at radius 3 is 2.48 bits per heavy atom. The fourth-order valence-corrected chi connectivity index (χ4v) is 5.48. The number of benzene rings is 2. The van der Waals surface area contributed by atoms with Gasteiger partial charge in [0.2, 0.25) is 0 Å². The standard InChI is InChI=1S/C22H23Br2N3O2.2ClH/c23-17-9-16(10-18(24)12-17)14-29-21-3-8-28-20-2-1-15(13-25)11-19(20)22(21)27-6-4-26-5-7-27;;/h1-2,9-12,21-22,26H,3-8,14H2;2*1H/t21-,22-;;/m0../s1. The fraction of sp³-hybridized carbons (Fsp3) is 0.409. The minimum absolute atomic E-state index is 0. The summed E-state index contributed by atoms with van der Waals surface area (Å²) in [5.74, 6) is 0.865. The van der Waals surface area contributed by atoms with Crippen LogP contribution in [0, 0.1) is 11.3 Å². The number of rotatable bonds is 4. The van der Waals surface area contributed by atoms with E-state index in [1.54, 1.807) is 0 Å². The van der Waals surface area contributed by atoms with E-state index >= 15 is 0 Å². The smallest absolute Gasteiger partial charge is 0.124 e. The zero-order valence-corrected chi connectivity index (χ0v) is 21.7. The molecule has 2 aromatic rings. The quantitative estimate of drug-likeness (QED) is 0.525. The van der Waals surface area contributed by atoms with Crippen LogP contribution in [-0.4, -0.2) is 43.8 Å². The summed E-state index contributed by atoms with van der Waals surface area (Å²) in [4.78, 5) is 2.46. The first-order valence-electron chi connectivity index (χ1n) is 9.82. The number of nitriles is 1. The van der Waals surface area contributed by atoms with Gasteiger partial charge >= 0.3 is 0 Å². The van der Waals surface area contributed by atoms with Gasteiger partial charge in [-0.2, -0.15) is 5.26 Å². The lowest BCUT2D eigenvalue weighted by Crippen LogP contribution is -2.48. The van der Waals surface area contributed by atoms with Gasteiger partial charge in [0.1, 0.15) is 5.75 Å². The minimum atomic E-state index is -0.0129. The molecule has 2 aliphatic heterocycles. The van der Waals surface area contributed by atoms with Crippen molar-refractivity contribution in [1.82, 2.24) is 10.2 Å². The summed E-state index contributed by atoms with van der Waals surface area (Å²) in [5.41, 5.74) is 2.83. The Labute approximate surface area is 212 Å². The molecule has 0 unspecified atom stereocenters. The summed E-state index contributed by atoms with van der Waals surface area (Å²) < 4.78 is 14.6. The number of hydrogen-bond acceptors (Lipinski definition) is 5. The van der Waals surface area contributed by atoms with Gasteiger partial charge in [0.15, 0.2) is 0 Å². The first-order chi connectivity index (χ1) is 14.1. The molecule has 1 fully saturated rings. The Hall–Kier alpha value is -0.850. The molecule has 0 spiro atoms. The van der Waals surface area contributed by atoms with Crippen molar-refractivity contribution in [2.45, 2.75) is 25.2 Å². The van der Waals surface area contributed by atoms with Crippen LogP contribution < -0.4 is 10.1 Å². The maximum absolute atomic E-state index is 9.42. The molecule has 0 saturated carbocycles. The molecule has 2 aromatic carbocycles. The summed E-state index contributed by atoms with van der Waals surface area (Å²) in [6.45, 7) is 4.94. The van der Waals surface area contributed by atoms with Gasteiger partial charge in [0, 0.05) is 47.1 Å². The number of ether oxygens (including phenoxy) is 2. The van der Waals surface area contributed by atoms with Crippen LogP contribution in [0.1, 0.15) is 29.2 Å². The molecule has 0 aromatic heterocycles. The van der Waals surface area contributed by atoms with Gasteiger partial charge < -0.3 is 14.8 Å². The molecule has 5 nitrogen and oxygen atoms in total. The maximum Gasteiger partial charge on any atom is 0.124 e. The first-order valence-corrected chi connectivity index (χ1v) is 11.4. The van der Waals surface area contributed by atoms with Gasteiger partial charge in [0.05, 0.1) is 37.0 Å². The predicted octanol–water partition coefficient (Wildman–Crippen LogP) is 5.24. The van der Waals surface area contributed by atoms with E-state index in [1.165, 1.54) is 0 Å². The van der Waals surface area contributed by atoms with E-state index in [0.29, 0.717) is 18.8 Å². The van der Waals surface area contributed by atoms with Gasteiger partial charge in [-0.15, -0.1) is 24.8 Å². The van der Waals surface area contributed by atoms with E-state index in [-0.39, 0.29) is 37.0 Å². The van der Waals surface area contributed by atoms with Crippen LogP contribution in [0.25, 0.3) is 0 Å². The molecular weight excluding hydrogens is 569 g/mol. The summed E-state index contributed by atoms with van der Waals surface area (Å²) >= 11 is 7.10. The second-order valence-electron chi connectivity index (χ2n) is 7.36. The first kappa shape index (κ1) is 26.4. The number of fused-ring (bicyclic) bond motifs is 1. The van der Waals surface area contributed by atoms with E-state index < -0.39 is 0 Å². The molecule has 168 valence electrons. The summed E-state index contributed by atoms with van der Waals surface area (Å²) in [6.07, 6.45) is 0.793. The molecule has 0 amide bonds. The molecule has 0 aliphatic carbocycles. The third-order valence-corrected chi connectivity index (χ3v) is 6.32. The maximum atomic E-state index is 9.42. The van der Waals surface area contributed by atoms with Crippen molar-refractivity contribution in [3.05, 3.63) is 62.0 Å². The number of hydrogen-bond donors (Lipinski definition) is 1. The Balaban J connectivity index is 0.00000171. The molecule has 2 aliphatic rings. The zero-order chi connectivity index (χ0) is 20.2. The Bertz CT molecular complexity index is 900. The third-order valence-electron chi connectivity index (χ3n) is 5.40. The largest absolute Gasteiger partial charge is 0.493 e. The van der Waals surface area contributed by atoms with Crippen LogP contribution in [0.15, 0.2) is 45.3 Å². The molecule has 1 saturated heterocycles. The molecule has 0 radical (unpaired) electrons. The van der Waals surface area contributed by atoms with E-state index in [9.17, 15) is 5.26 Å². The average Bonchev–Trinajstić information content (AvgIpc) is 2.90. The highest BCUT2D eigenvalue weighted by molar-refractivity contribution is 9.11. The highest BCUT2D eigenvalue weighted by atomic mass is 79.9. The predicted molar refractivity (Wildman–Crippen MR) is 133 cm³/mol. The van der Waals surface area contributed by atoms with Crippen molar-refractivity contribution in [1.29, 1.82) is 5.26 Å². The lowest BCUT2D eigenvalue weighted by molar-refractivity contribution is -0.0331. The summed E-state index contributed by atoms with van der Waals surface area (Å²) in [7, 11) is 0. The number of nitrogens with one attached hydrogen (secondary N) is 1. The van der Waals surface area contributed by atoms with E-state index in [4.69, 9.17) is 9.47 Å². The van der Waals surface area contributed by atoms with Crippen LogP contribution >= 0.6 is 56.7 Å². The highest BCUT2D eigenvalue weighted by Gasteiger charge is 2.35. The van der Waals surface area contributed by atoms with Gasteiger partial charge in [0.25, 0.3) is 0 Å². The van der Waals surface area contributed by atoms with E-state index in [0.717, 1.165) is 58.4 Å². The molecule has 9 heteroatoms. The Kier molecular flexibility index (Phi) is 10.6. The number of halogens is 4. The lowest BCUT2D eigenvalue weighted by atomic mass is 9.95. The van der Waals surface area contributed by atoms with Crippen LogP contribution in [-0.2, 0) is 11.3 Å². The average molecular weight is 594 g/mol. The van der Waals surface area contributed by atoms with Crippen molar-refractivity contribution in [2.75, 3.05) is 32.8 Å². The second-order valence-corrected chi connectivity index (χ2v) is 9.19. The molecule has 0 bridgehead atoms. The van der Waals surface area contributed by atoms with Crippen molar-refractivity contribution >= 4 is 56.7 Å². The number of piperazine rings is 1. The van der Waals surface area contributed by atoms with Crippen LogP contribution in [0.4, 0.5) is 0 Å². The number of nitrogens with zero attached hydrogens (tertiary/aromatic N) is 2. The van der Waals surface area contributed by atoms with Gasteiger partial charge in [-0.3, -0.25) is 4.90 Å². The summed E-state index contributed by atoms with van der Waals surface area (Å²) in [6, 6.07) is 14.2. The Morgan fingerprint density at radius 1 is 1.10 bits per heavy atom. The lowest BCUT2D eigenvalue weighted by Gasteiger charge is -2.38. The van der Waals surface area contributed by atoms with Crippen LogP contribution in [0.3, 0.4) is 0 Å². The topological polar surface area (TPSA) is 57.5 Å². The fourth-order valence-electron chi connectivity index (χ4n) is 4.09.